The average molecular weight is 232 g/mol. The van der Waals surface area contributed by atoms with Gasteiger partial charge >= 0.3 is 0 Å². The van der Waals surface area contributed by atoms with Crippen molar-refractivity contribution < 1.29 is 5.11 Å². The number of thiophene rings is 1. The Morgan fingerprint density at radius 2 is 2.38 bits per heavy atom. The Morgan fingerprint density at radius 1 is 1.44 bits per heavy atom. The lowest BCUT2D eigenvalue weighted by atomic mass is 10.4. The summed E-state index contributed by atoms with van der Waals surface area (Å²) >= 11 is 1.67. The van der Waals surface area contributed by atoms with Crippen LogP contribution >= 0.6 is 11.3 Å². The standard InChI is InChI=1S/C12H12N2OS/c15-9-2-1-4-11-5-6-12(16-11)10-14-8-3-7-13-14/h3,5-8,15H,2,9-10H2. The molecule has 0 fully saturated rings. The molecule has 0 bridgehead atoms. The first-order valence-electron chi connectivity index (χ1n) is 5.04. The number of aliphatic hydroxyl groups is 1. The molecule has 4 heteroatoms. The van der Waals surface area contributed by atoms with E-state index in [0.29, 0.717) is 6.42 Å². The Hall–Kier alpha value is -1.57. The van der Waals surface area contributed by atoms with Crippen molar-refractivity contribution in [3.05, 3.63) is 40.3 Å². The molecule has 0 unspecified atom stereocenters. The summed E-state index contributed by atoms with van der Waals surface area (Å²) in [5.74, 6) is 5.94. The van der Waals surface area contributed by atoms with Gasteiger partial charge in [-0.05, 0) is 18.2 Å². The molecule has 1 N–H and O–H groups in total. The molecule has 0 atom stereocenters. The predicted octanol–water partition coefficient (Wildman–Crippen LogP) is 1.73. The van der Waals surface area contributed by atoms with Gasteiger partial charge in [-0.25, -0.2) is 0 Å². The summed E-state index contributed by atoms with van der Waals surface area (Å²) in [4.78, 5) is 2.27. The fourth-order valence-corrected chi connectivity index (χ4v) is 2.16. The molecule has 82 valence electrons. The SMILES string of the molecule is OCCC#Cc1ccc(Cn2cccn2)s1. The van der Waals surface area contributed by atoms with Crippen LogP contribution in [0.1, 0.15) is 16.2 Å². The van der Waals surface area contributed by atoms with Crippen LogP contribution in [0.3, 0.4) is 0 Å². The van der Waals surface area contributed by atoms with Crippen molar-refractivity contribution >= 4 is 11.3 Å². The van der Waals surface area contributed by atoms with Gasteiger partial charge in [0.2, 0.25) is 0 Å². The molecule has 2 aromatic heterocycles. The van der Waals surface area contributed by atoms with Gasteiger partial charge in [0.25, 0.3) is 0 Å². The maximum atomic E-state index is 8.61. The molecule has 0 aliphatic heterocycles. The van der Waals surface area contributed by atoms with Crippen LogP contribution in [-0.4, -0.2) is 21.5 Å². The van der Waals surface area contributed by atoms with Gasteiger partial charge in [-0.15, -0.1) is 11.3 Å². The van der Waals surface area contributed by atoms with Crippen molar-refractivity contribution in [2.45, 2.75) is 13.0 Å². The van der Waals surface area contributed by atoms with Crippen LogP contribution in [0.5, 0.6) is 0 Å². The van der Waals surface area contributed by atoms with Crippen molar-refractivity contribution in [2.75, 3.05) is 6.61 Å². The minimum atomic E-state index is 0.124. The van der Waals surface area contributed by atoms with E-state index in [-0.39, 0.29) is 6.61 Å². The van der Waals surface area contributed by atoms with Crippen LogP contribution in [0, 0.1) is 11.8 Å². The van der Waals surface area contributed by atoms with Crippen LogP contribution < -0.4 is 0 Å². The van der Waals surface area contributed by atoms with Gasteiger partial charge in [-0.3, -0.25) is 4.68 Å². The Labute approximate surface area is 98.4 Å². The number of aromatic nitrogens is 2. The van der Waals surface area contributed by atoms with E-state index in [0.717, 1.165) is 11.4 Å². The largest absolute Gasteiger partial charge is 0.395 e. The van der Waals surface area contributed by atoms with Gasteiger partial charge in [0, 0.05) is 23.7 Å². The molecule has 0 aromatic carbocycles. The maximum absolute atomic E-state index is 8.61. The molecule has 0 saturated carbocycles. The van der Waals surface area contributed by atoms with E-state index in [9.17, 15) is 0 Å². The van der Waals surface area contributed by atoms with E-state index in [2.05, 4.69) is 23.0 Å². The molecular formula is C12H12N2OS. The van der Waals surface area contributed by atoms with E-state index in [4.69, 9.17) is 5.11 Å². The van der Waals surface area contributed by atoms with Gasteiger partial charge in [-0.2, -0.15) is 5.10 Å². The zero-order valence-corrected chi connectivity index (χ0v) is 9.57. The van der Waals surface area contributed by atoms with Crippen LogP contribution in [0.4, 0.5) is 0 Å². The van der Waals surface area contributed by atoms with Gasteiger partial charge in [0.15, 0.2) is 0 Å². The van der Waals surface area contributed by atoms with Crippen molar-refractivity contribution in [1.82, 2.24) is 9.78 Å². The monoisotopic (exact) mass is 232 g/mol. The first-order valence-corrected chi connectivity index (χ1v) is 5.86. The molecular weight excluding hydrogens is 220 g/mol. The highest BCUT2D eigenvalue weighted by Gasteiger charge is 1.98. The summed E-state index contributed by atoms with van der Waals surface area (Å²) in [6, 6.07) is 5.98. The highest BCUT2D eigenvalue weighted by Crippen LogP contribution is 2.16. The predicted molar refractivity (Wildman–Crippen MR) is 64.2 cm³/mol. The highest BCUT2D eigenvalue weighted by atomic mass is 32.1. The Balaban J connectivity index is 2.00. The Kier molecular flexibility index (Phi) is 3.76. The molecule has 0 spiro atoms. The van der Waals surface area contributed by atoms with E-state index in [1.54, 1.807) is 17.5 Å². The van der Waals surface area contributed by atoms with E-state index in [1.165, 1.54) is 4.88 Å². The summed E-state index contributed by atoms with van der Waals surface area (Å²) in [5.41, 5.74) is 0. The molecule has 0 radical (unpaired) electrons. The van der Waals surface area contributed by atoms with Crippen LogP contribution in [0.15, 0.2) is 30.6 Å². The average Bonchev–Trinajstić information content (AvgIpc) is 2.91. The van der Waals surface area contributed by atoms with Gasteiger partial charge in [-0.1, -0.05) is 11.8 Å². The maximum Gasteiger partial charge on any atom is 0.0772 e. The fourth-order valence-electron chi connectivity index (χ4n) is 1.29. The normalized spacial score (nSPS) is 9.81. The zero-order valence-electron chi connectivity index (χ0n) is 8.76. The van der Waals surface area contributed by atoms with Crippen LogP contribution in [0.2, 0.25) is 0 Å². The third-order valence-electron chi connectivity index (χ3n) is 1.99. The summed E-state index contributed by atoms with van der Waals surface area (Å²) in [6.07, 6.45) is 4.25. The Bertz CT molecular complexity index is 491. The third kappa shape index (κ3) is 2.96. The second-order valence-electron chi connectivity index (χ2n) is 3.24. The molecule has 0 amide bonds. The summed E-state index contributed by atoms with van der Waals surface area (Å²) in [7, 11) is 0. The van der Waals surface area contributed by atoms with Gasteiger partial charge in [0.1, 0.15) is 0 Å². The molecule has 16 heavy (non-hydrogen) atoms. The van der Waals surface area contributed by atoms with Gasteiger partial charge < -0.3 is 5.11 Å². The lowest BCUT2D eigenvalue weighted by Gasteiger charge is -1.95. The van der Waals surface area contributed by atoms with E-state index >= 15 is 0 Å². The second kappa shape index (κ2) is 5.50. The number of hydrogen-bond donors (Lipinski definition) is 1. The fraction of sp³-hybridized carbons (Fsp3) is 0.250. The lowest BCUT2D eigenvalue weighted by Crippen LogP contribution is -1.96. The first kappa shape index (κ1) is 10.9. The molecule has 0 aliphatic rings. The molecule has 0 saturated heterocycles. The minimum Gasteiger partial charge on any atom is -0.395 e. The van der Waals surface area contributed by atoms with Crippen molar-refractivity contribution in [2.24, 2.45) is 0 Å². The molecule has 3 nitrogen and oxygen atoms in total. The molecule has 2 heterocycles. The minimum absolute atomic E-state index is 0.124. The first-order chi connectivity index (χ1) is 7.88. The number of aliphatic hydroxyl groups excluding tert-OH is 1. The quantitative estimate of drug-likeness (QED) is 0.818. The number of hydrogen-bond acceptors (Lipinski definition) is 3. The third-order valence-corrected chi connectivity index (χ3v) is 2.97. The van der Waals surface area contributed by atoms with Gasteiger partial charge in [0.05, 0.1) is 18.0 Å². The van der Waals surface area contributed by atoms with Crippen molar-refractivity contribution in [1.29, 1.82) is 0 Å². The topological polar surface area (TPSA) is 38.0 Å². The summed E-state index contributed by atoms with van der Waals surface area (Å²) < 4.78 is 1.89. The van der Waals surface area contributed by atoms with Crippen molar-refractivity contribution in [3.63, 3.8) is 0 Å². The smallest absolute Gasteiger partial charge is 0.0772 e. The molecule has 2 rings (SSSR count). The van der Waals surface area contributed by atoms with Crippen molar-refractivity contribution in [3.8, 4) is 11.8 Å². The summed E-state index contributed by atoms with van der Waals surface area (Å²) in [5, 5.41) is 12.8. The zero-order chi connectivity index (χ0) is 11.2. The van der Waals surface area contributed by atoms with Crippen LogP contribution in [-0.2, 0) is 6.54 Å². The van der Waals surface area contributed by atoms with Crippen LogP contribution in [0.25, 0.3) is 0 Å². The number of rotatable bonds is 3. The molecule has 0 aliphatic carbocycles. The second-order valence-corrected chi connectivity index (χ2v) is 4.41. The highest BCUT2D eigenvalue weighted by molar-refractivity contribution is 7.12. The number of nitrogens with zero attached hydrogens (tertiary/aromatic N) is 2. The summed E-state index contributed by atoms with van der Waals surface area (Å²) in [6.45, 7) is 0.915. The lowest BCUT2D eigenvalue weighted by molar-refractivity contribution is 0.305. The van der Waals surface area contributed by atoms with E-state index < -0.39 is 0 Å². The Morgan fingerprint density at radius 3 is 3.12 bits per heavy atom. The van der Waals surface area contributed by atoms with E-state index in [1.807, 2.05) is 23.0 Å². The molecule has 2 aromatic rings.